The van der Waals surface area contributed by atoms with Crippen LogP contribution < -0.4 is 16.0 Å². The number of carbonyl (C=O) groups is 1. The van der Waals surface area contributed by atoms with E-state index in [2.05, 4.69) is 25.4 Å². The van der Waals surface area contributed by atoms with Gasteiger partial charge in [0.15, 0.2) is 0 Å². The van der Waals surface area contributed by atoms with E-state index in [9.17, 15) is 4.79 Å². The van der Waals surface area contributed by atoms with Gasteiger partial charge in [0.25, 0.3) is 5.91 Å². The third-order valence-corrected chi connectivity index (χ3v) is 3.82. The first-order valence-corrected chi connectivity index (χ1v) is 7.27. The van der Waals surface area contributed by atoms with Crippen molar-refractivity contribution in [3.63, 3.8) is 0 Å². The molecule has 2 aromatic heterocycles. The average molecular weight is 298 g/mol. The molecule has 0 saturated carbocycles. The number of carbonyl (C=O) groups excluding carboxylic acids is 1. The fraction of sp³-hybridized carbons (Fsp3) is 0.333. The lowest BCUT2D eigenvalue weighted by atomic mass is 10.0. The Balaban J connectivity index is 1.64. The van der Waals surface area contributed by atoms with Crippen molar-refractivity contribution >= 4 is 17.4 Å². The highest BCUT2D eigenvalue weighted by Crippen LogP contribution is 2.24. The number of hydrogen-bond donors (Lipinski definition) is 2. The van der Waals surface area contributed by atoms with Crippen molar-refractivity contribution in [2.24, 2.45) is 5.73 Å². The molecule has 0 unspecified atom stereocenters. The van der Waals surface area contributed by atoms with Gasteiger partial charge in [-0.05, 0) is 31.0 Å². The lowest BCUT2D eigenvalue weighted by molar-refractivity contribution is 0.100. The van der Waals surface area contributed by atoms with Crippen LogP contribution in [0, 0.1) is 0 Å². The first-order chi connectivity index (χ1) is 10.7. The van der Waals surface area contributed by atoms with Crippen LogP contribution in [0.25, 0.3) is 0 Å². The molecule has 1 fully saturated rings. The maximum absolute atomic E-state index is 11.5. The Morgan fingerprint density at radius 1 is 1.27 bits per heavy atom. The van der Waals surface area contributed by atoms with Crippen LogP contribution in [0.5, 0.6) is 0 Å². The zero-order valence-electron chi connectivity index (χ0n) is 12.1. The second kappa shape index (κ2) is 6.38. The number of aromatic nitrogens is 3. The van der Waals surface area contributed by atoms with E-state index in [0.717, 1.165) is 37.4 Å². The lowest BCUT2D eigenvalue weighted by Crippen LogP contribution is -2.40. The molecule has 0 radical (unpaired) electrons. The summed E-state index contributed by atoms with van der Waals surface area (Å²) in [6.07, 6.45) is 6.78. The first kappa shape index (κ1) is 14.2. The van der Waals surface area contributed by atoms with Crippen molar-refractivity contribution in [2.75, 3.05) is 23.3 Å². The molecule has 0 spiro atoms. The largest absolute Gasteiger partial charge is 0.371 e. The Hall–Kier alpha value is -2.70. The van der Waals surface area contributed by atoms with Crippen molar-refractivity contribution in [1.82, 2.24) is 15.2 Å². The van der Waals surface area contributed by atoms with E-state index >= 15 is 0 Å². The van der Waals surface area contributed by atoms with Crippen LogP contribution in [0.15, 0.2) is 36.8 Å². The maximum atomic E-state index is 11.5. The van der Waals surface area contributed by atoms with Crippen molar-refractivity contribution in [1.29, 1.82) is 0 Å². The number of nitrogens with zero attached hydrogens (tertiary/aromatic N) is 4. The predicted molar refractivity (Wildman–Crippen MR) is 83.6 cm³/mol. The van der Waals surface area contributed by atoms with Gasteiger partial charge in [-0.15, -0.1) is 5.10 Å². The summed E-state index contributed by atoms with van der Waals surface area (Å²) in [5.74, 6) is 0.352. The number of anilines is 2. The minimum Gasteiger partial charge on any atom is -0.371 e. The predicted octanol–water partition coefficient (Wildman–Crippen LogP) is 1.05. The molecular weight excluding hydrogens is 280 g/mol. The van der Waals surface area contributed by atoms with E-state index in [1.807, 2.05) is 18.2 Å². The molecule has 7 heteroatoms. The Kier molecular flexibility index (Phi) is 4.13. The summed E-state index contributed by atoms with van der Waals surface area (Å²) < 4.78 is 0. The molecule has 3 N–H and O–H groups in total. The van der Waals surface area contributed by atoms with E-state index < -0.39 is 5.91 Å². The standard InChI is InChI=1S/C15H18N6O/c16-15(22)12-10-17-7-3-13(12)21-8-4-11(5-9-21)19-14-2-1-6-18-20-14/h1-3,6-7,10-11H,4-5,8-9H2,(H2,16,22)(H,19,20). The Morgan fingerprint density at radius 3 is 2.77 bits per heavy atom. The first-order valence-electron chi connectivity index (χ1n) is 7.27. The Bertz CT molecular complexity index is 639. The molecule has 1 aliphatic heterocycles. The summed E-state index contributed by atoms with van der Waals surface area (Å²) in [5, 5.41) is 11.3. The fourth-order valence-corrected chi connectivity index (χ4v) is 2.71. The average Bonchev–Trinajstić information content (AvgIpc) is 2.56. The lowest BCUT2D eigenvalue weighted by Gasteiger charge is -2.34. The van der Waals surface area contributed by atoms with E-state index in [1.54, 1.807) is 12.4 Å². The van der Waals surface area contributed by atoms with Crippen molar-refractivity contribution in [3.05, 3.63) is 42.4 Å². The molecule has 1 aliphatic rings. The van der Waals surface area contributed by atoms with Gasteiger partial charge in [-0.25, -0.2) is 0 Å². The number of primary amides is 1. The van der Waals surface area contributed by atoms with Crippen molar-refractivity contribution < 1.29 is 4.79 Å². The van der Waals surface area contributed by atoms with Crippen molar-refractivity contribution in [3.8, 4) is 0 Å². The van der Waals surface area contributed by atoms with Gasteiger partial charge < -0.3 is 16.0 Å². The molecule has 3 heterocycles. The summed E-state index contributed by atoms with van der Waals surface area (Å²) >= 11 is 0. The zero-order valence-corrected chi connectivity index (χ0v) is 12.1. The van der Waals surface area contributed by atoms with Gasteiger partial charge in [0, 0.05) is 37.7 Å². The minimum absolute atomic E-state index is 0.354. The number of piperidine rings is 1. The number of nitrogens with two attached hydrogens (primary N) is 1. The van der Waals surface area contributed by atoms with Crippen LogP contribution in [-0.4, -0.2) is 40.2 Å². The molecule has 114 valence electrons. The van der Waals surface area contributed by atoms with Crippen molar-refractivity contribution in [2.45, 2.75) is 18.9 Å². The number of hydrogen-bond acceptors (Lipinski definition) is 6. The summed E-state index contributed by atoms with van der Waals surface area (Å²) in [5.41, 5.74) is 6.75. The molecule has 0 atom stereocenters. The fourth-order valence-electron chi connectivity index (χ4n) is 2.71. The van der Waals surface area contributed by atoms with Gasteiger partial charge >= 0.3 is 0 Å². The second-order valence-corrected chi connectivity index (χ2v) is 5.27. The van der Waals surface area contributed by atoms with Crippen LogP contribution in [0.2, 0.25) is 0 Å². The van der Waals surface area contributed by atoms with Gasteiger partial charge in [0.2, 0.25) is 0 Å². The smallest absolute Gasteiger partial charge is 0.252 e. The Morgan fingerprint density at radius 2 is 2.09 bits per heavy atom. The molecule has 2 aromatic rings. The quantitative estimate of drug-likeness (QED) is 0.875. The normalized spacial score (nSPS) is 15.5. The van der Waals surface area contributed by atoms with E-state index in [1.165, 1.54) is 6.20 Å². The van der Waals surface area contributed by atoms with Crippen LogP contribution in [0.3, 0.4) is 0 Å². The molecule has 3 rings (SSSR count). The van der Waals surface area contributed by atoms with Gasteiger partial charge in [0.1, 0.15) is 5.82 Å². The van der Waals surface area contributed by atoms with Crippen LogP contribution in [0.4, 0.5) is 11.5 Å². The second-order valence-electron chi connectivity index (χ2n) is 5.27. The molecule has 0 bridgehead atoms. The number of rotatable bonds is 4. The monoisotopic (exact) mass is 298 g/mol. The van der Waals surface area contributed by atoms with Crippen LogP contribution in [0.1, 0.15) is 23.2 Å². The van der Waals surface area contributed by atoms with Gasteiger partial charge in [-0.3, -0.25) is 9.78 Å². The third-order valence-electron chi connectivity index (χ3n) is 3.82. The zero-order chi connectivity index (χ0) is 15.4. The maximum Gasteiger partial charge on any atom is 0.252 e. The van der Waals surface area contributed by atoms with E-state index in [4.69, 9.17) is 5.73 Å². The SMILES string of the molecule is NC(=O)c1cnccc1N1CCC(Nc2cccnn2)CC1. The highest BCUT2D eigenvalue weighted by Gasteiger charge is 2.22. The molecule has 22 heavy (non-hydrogen) atoms. The summed E-state index contributed by atoms with van der Waals surface area (Å²) in [6, 6.07) is 5.97. The Labute approximate surface area is 128 Å². The highest BCUT2D eigenvalue weighted by molar-refractivity contribution is 5.98. The van der Waals surface area contributed by atoms with Gasteiger partial charge in [0.05, 0.1) is 11.3 Å². The van der Waals surface area contributed by atoms with Crippen LogP contribution in [-0.2, 0) is 0 Å². The summed E-state index contributed by atoms with van der Waals surface area (Å²) in [7, 11) is 0. The topological polar surface area (TPSA) is 97.0 Å². The van der Waals surface area contributed by atoms with Gasteiger partial charge in [-0.2, -0.15) is 5.10 Å². The van der Waals surface area contributed by atoms with Gasteiger partial charge in [-0.1, -0.05) is 0 Å². The molecule has 0 aliphatic carbocycles. The van der Waals surface area contributed by atoms with Crippen LogP contribution >= 0.6 is 0 Å². The molecule has 1 amide bonds. The number of nitrogens with one attached hydrogen (secondary N) is 1. The summed E-state index contributed by atoms with van der Waals surface area (Å²) in [4.78, 5) is 17.7. The molecule has 7 nitrogen and oxygen atoms in total. The van der Waals surface area contributed by atoms with E-state index in [0.29, 0.717) is 11.6 Å². The summed E-state index contributed by atoms with van der Waals surface area (Å²) in [6.45, 7) is 1.70. The highest BCUT2D eigenvalue weighted by atomic mass is 16.1. The van der Waals surface area contributed by atoms with E-state index in [-0.39, 0.29) is 0 Å². The molecular formula is C15H18N6O. The number of amides is 1. The molecule has 0 aromatic carbocycles. The minimum atomic E-state index is -0.442. The molecule has 1 saturated heterocycles. The number of pyridine rings is 1. The third kappa shape index (κ3) is 3.13.